The summed E-state index contributed by atoms with van der Waals surface area (Å²) in [7, 11) is 0. The van der Waals surface area contributed by atoms with Crippen molar-refractivity contribution in [3.63, 3.8) is 0 Å². The second kappa shape index (κ2) is 4.45. The van der Waals surface area contributed by atoms with Gasteiger partial charge in [0, 0.05) is 18.0 Å². The summed E-state index contributed by atoms with van der Waals surface area (Å²) in [6.45, 7) is 1.72. The van der Waals surface area contributed by atoms with Crippen LogP contribution in [0.15, 0.2) is 35.2 Å². The minimum Gasteiger partial charge on any atom is -0.467 e. The predicted molar refractivity (Wildman–Crippen MR) is 58.7 cm³/mol. The minimum atomic E-state index is -4.46. The van der Waals surface area contributed by atoms with Crippen molar-refractivity contribution in [1.82, 2.24) is 4.98 Å². The van der Waals surface area contributed by atoms with Crippen molar-refractivity contribution in [3.8, 4) is 0 Å². The van der Waals surface area contributed by atoms with E-state index in [2.05, 4.69) is 4.98 Å². The van der Waals surface area contributed by atoms with Gasteiger partial charge in [-0.2, -0.15) is 13.2 Å². The van der Waals surface area contributed by atoms with Crippen LogP contribution in [0.1, 0.15) is 28.5 Å². The van der Waals surface area contributed by atoms with Crippen molar-refractivity contribution < 1.29 is 17.6 Å². The molecule has 2 heterocycles. The highest BCUT2D eigenvalue weighted by Gasteiger charge is 2.35. The fourth-order valence-corrected chi connectivity index (χ4v) is 1.76. The fourth-order valence-electron chi connectivity index (χ4n) is 1.76. The Hall–Kier alpha value is -1.82. The van der Waals surface area contributed by atoms with Crippen LogP contribution in [0.5, 0.6) is 0 Å². The molecule has 1 unspecified atom stereocenters. The second-order valence-electron chi connectivity index (χ2n) is 3.91. The number of hydrogen-bond acceptors (Lipinski definition) is 3. The highest BCUT2D eigenvalue weighted by Crippen LogP contribution is 2.35. The Morgan fingerprint density at radius 1 is 1.33 bits per heavy atom. The number of aryl methyl sites for hydroxylation is 1. The molecule has 3 nitrogen and oxygen atoms in total. The van der Waals surface area contributed by atoms with Gasteiger partial charge in [0.1, 0.15) is 5.76 Å². The lowest BCUT2D eigenvalue weighted by atomic mass is 9.99. The molecule has 0 radical (unpaired) electrons. The molecular weight excluding hydrogens is 245 g/mol. The summed E-state index contributed by atoms with van der Waals surface area (Å²) in [6.07, 6.45) is -0.853. The lowest BCUT2D eigenvalue weighted by molar-refractivity contribution is -0.138. The first kappa shape index (κ1) is 12.6. The Kier molecular flexibility index (Phi) is 3.13. The van der Waals surface area contributed by atoms with Crippen LogP contribution in [0.2, 0.25) is 0 Å². The molecule has 0 spiro atoms. The van der Waals surface area contributed by atoms with E-state index in [0.717, 1.165) is 18.5 Å². The molecule has 2 aromatic rings. The van der Waals surface area contributed by atoms with E-state index in [1.807, 2.05) is 0 Å². The topological polar surface area (TPSA) is 52.0 Å². The number of alkyl halides is 3. The zero-order chi connectivity index (χ0) is 13.3. The normalized spacial score (nSPS) is 13.6. The third-order valence-electron chi connectivity index (χ3n) is 2.68. The Morgan fingerprint density at radius 3 is 2.61 bits per heavy atom. The van der Waals surface area contributed by atoms with Gasteiger partial charge in [0.15, 0.2) is 0 Å². The Bertz CT molecular complexity index is 548. The van der Waals surface area contributed by atoms with Crippen LogP contribution >= 0.6 is 0 Å². The molecular formula is C12H11F3N2O. The molecule has 0 saturated heterocycles. The Balaban J connectivity index is 2.49. The fraction of sp³-hybridized carbons (Fsp3) is 0.250. The molecule has 18 heavy (non-hydrogen) atoms. The maximum atomic E-state index is 12.8. The molecule has 0 bridgehead atoms. The molecule has 0 aromatic carbocycles. The van der Waals surface area contributed by atoms with Crippen LogP contribution in [0, 0.1) is 6.92 Å². The van der Waals surface area contributed by atoms with Crippen molar-refractivity contribution in [2.24, 2.45) is 5.73 Å². The van der Waals surface area contributed by atoms with Crippen molar-refractivity contribution in [2.45, 2.75) is 19.1 Å². The van der Waals surface area contributed by atoms with Gasteiger partial charge in [-0.25, -0.2) is 0 Å². The molecule has 0 aliphatic carbocycles. The van der Waals surface area contributed by atoms with Crippen LogP contribution in [0.3, 0.4) is 0 Å². The van der Waals surface area contributed by atoms with Crippen molar-refractivity contribution in [3.05, 3.63) is 53.2 Å². The summed E-state index contributed by atoms with van der Waals surface area (Å²) in [5.74, 6) is 0.313. The smallest absolute Gasteiger partial charge is 0.416 e. The van der Waals surface area contributed by atoms with Crippen LogP contribution in [0.25, 0.3) is 0 Å². The maximum Gasteiger partial charge on any atom is 0.416 e. The molecule has 2 N–H and O–H groups in total. The Morgan fingerprint density at radius 2 is 2.06 bits per heavy atom. The zero-order valence-corrected chi connectivity index (χ0v) is 9.53. The number of rotatable bonds is 2. The SMILES string of the molecule is Cc1ccoc1C(N)c1cnccc1C(F)(F)F. The van der Waals surface area contributed by atoms with Crippen molar-refractivity contribution >= 4 is 0 Å². The summed E-state index contributed by atoms with van der Waals surface area (Å²) in [5.41, 5.74) is 5.65. The van der Waals surface area contributed by atoms with Gasteiger partial charge in [0.05, 0.1) is 17.9 Å². The van der Waals surface area contributed by atoms with Crippen LogP contribution < -0.4 is 5.73 Å². The lowest BCUT2D eigenvalue weighted by Gasteiger charge is -2.16. The first-order chi connectivity index (χ1) is 8.41. The van der Waals surface area contributed by atoms with E-state index in [1.165, 1.54) is 6.26 Å². The van der Waals surface area contributed by atoms with Crippen molar-refractivity contribution in [2.75, 3.05) is 0 Å². The average molecular weight is 256 g/mol. The number of nitrogens with zero attached hydrogens (tertiary/aromatic N) is 1. The van der Waals surface area contributed by atoms with E-state index in [9.17, 15) is 13.2 Å². The highest BCUT2D eigenvalue weighted by atomic mass is 19.4. The standard InChI is InChI=1S/C12H11F3N2O/c1-7-3-5-18-11(7)10(16)8-6-17-4-2-9(8)12(13,14)15/h2-6,10H,16H2,1H3. The minimum absolute atomic E-state index is 0.0944. The number of pyridine rings is 1. The maximum absolute atomic E-state index is 12.8. The predicted octanol–water partition coefficient (Wildman–Crippen LogP) is 3.05. The third kappa shape index (κ3) is 2.24. The van der Waals surface area contributed by atoms with Gasteiger partial charge in [-0.15, -0.1) is 0 Å². The molecule has 6 heteroatoms. The van der Waals surface area contributed by atoms with E-state index < -0.39 is 17.8 Å². The number of nitrogens with two attached hydrogens (primary N) is 1. The van der Waals surface area contributed by atoms with Crippen LogP contribution in [-0.4, -0.2) is 4.98 Å². The van der Waals surface area contributed by atoms with E-state index in [0.29, 0.717) is 11.3 Å². The summed E-state index contributed by atoms with van der Waals surface area (Å²) >= 11 is 0. The molecule has 2 rings (SSSR count). The van der Waals surface area contributed by atoms with Gasteiger partial charge in [-0.05, 0) is 24.6 Å². The van der Waals surface area contributed by atoms with Gasteiger partial charge < -0.3 is 10.2 Å². The quantitative estimate of drug-likeness (QED) is 0.898. The number of halogens is 3. The third-order valence-corrected chi connectivity index (χ3v) is 2.68. The van der Waals surface area contributed by atoms with E-state index in [1.54, 1.807) is 13.0 Å². The first-order valence-corrected chi connectivity index (χ1v) is 5.22. The summed E-state index contributed by atoms with van der Waals surface area (Å²) in [4.78, 5) is 3.70. The molecule has 96 valence electrons. The van der Waals surface area contributed by atoms with E-state index >= 15 is 0 Å². The van der Waals surface area contributed by atoms with Gasteiger partial charge in [0.2, 0.25) is 0 Å². The monoisotopic (exact) mass is 256 g/mol. The van der Waals surface area contributed by atoms with Gasteiger partial charge in [-0.1, -0.05) is 0 Å². The molecule has 1 atom stereocenters. The lowest BCUT2D eigenvalue weighted by Crippen LogP contribution is -2.19. The van der Waals surface area contributed by atoms with Gasteiger partial charge >= 0.3 is 6.18 Å². The van der Waals surface area contributed by atoms with E-state index in [-0.39, 0.29) is 5.56 Å². The summed E-state index contributed by atoms with van der Waals surface area (Å²) in [5, 5.41) is 0. The molecule has 0 saturated carbocycles. The Labute approximate surface area is 101 Å². The van der Waals surface area contributed by atoms with Crippen LogP contribution in [0.4, 0.5) is 13.2 Å². The number of hydrogen-bond donors (Lipinski definition) is 1. The number of furan rings is 1. The molecule has 0 fully saturated rings. The first-order valence-electron chi connectivity index (χ1n) is 5.22. The zero-order valence-electron chi connectivity index (χ0n) is 9.53. The summed E-state index contributed by atoms with van der Waals surface area (Å²) < 4.78 is 43.6. The molecule has 0 aliphatic heterocycles. The molecule has 0 aliphatic rings. The molecule has 2 aromatic heterocycles. The van der Waals surface area contributed by atoms with Gasteiger partial charge in [-0.3, -0.25) is 4.98 Å². The highest BCUT2D eigenvalue weighted by molar-refractivity contribution is 5.35. The molecule has 0 amide bonds. The van der Waals surface area contributed by atoms with Crippen molar-refractivity contribution in [1.29, 1.82) is 0 Å². The second-order valence-corrected chi connectivity index (χ2v) is 3.91. The number of aromatic nitrogens is 1. The van der Waals surface area contributed by atoms with E-state index in [4.69, 9.17) is 10.2 Å². The summed E-state index contributed by atoms with van der Waals surface area (Å²) in [6, 6.07) is 1.58. The van der Waals surface area contributed by atoms with Gasteiger partial charge in [0.25, 0.3) is 0 Å². The van der Waals surface area contributed by atoms with Crippen LogP contribution in [-0.2, 0) is 6.18 Å². The average Bonchev–Trinajstić information content (AvgIpc) is 2.73. The largest absolute Gasteiger partial charge is 0.467 e.